The van der Waals surface area contributed by atoms with E-state index >= 15 is 0 Å². The Labute approximate surface area is 180 Å². The van der Waals surface area contributed by atoms with Crippen LogP contribution >= 0.6 is 0 Å². The molecule has 1 atom stereocenters. The molecular weight excluding hydrogens is 364 g/mol. The lowest BCUT2D eigenvalue weighted by Crippen LogP contribution is -2.30. The van der Waals surface area contributed by atoms with Gasteiger partial charge in [0.15, 0.2) is 0 Å². The Bertz CT molecular complexity index is 1110. The summed E-state index contributed by atoms with van der Waals surface area (Å²) < 4.78 is 0. The van der Waals surface area contributed by atoms with Gasteiger partial charge in [-0.15, -0.1) is 0 Å². The third kappa shape index (κ3) is 3.04. The van der Waals surface area contributed by atoms with Crippen molar-refractivity contribution in [3.63, 3.8) is 0 Å². The summed E-state index contributed by atoms with van der Waals surface area (Å²) in [7, 11) is 0. The Morgan fingerprint density at radius 1 is 1.13 bits per heavy atom. The number of anilines is 1. The maximum atomic E-state index is 6.21. The molecule has 2 heteroatoms. The van der Waals surface area contributed by atoms with Crippen molar-refractivity contribution in [2.45, 2.75) is 38.5 Å². The van der Waals surface area contributed by atoms with E-state index in [-0.39, 0.29) is 0 Å². The van der Waals surface area contributed by atoms with E-state index < -0.39 is 5.41 Å². The standard InChI is InChI=1S/C28H30N2/c1-3-10-21(11-9-18-29)28(22-16-17-27(30)20(2)19-22)25-14-6-4-5-12-23(25)24-13-7-8-15-26(24)28/h3,6-11,13-19H,4-5,12,29-30H2,1-2H3/b10-3+,18-9+,21-11+. The fraction of sp³-hybridized carbons (Fsp3) is 0.214. The molecule has 4 rings (SSSR count). The maximum Gasteiger partial charge on any atom is 0.0710 e. The molecule has 0 saturated heterocycles. The van der Waals surface area contributed by atoms with Crippen molar-refractivity contribution < 1.29 is 0 Å². The highest BCUT2D eigenvalue weighted by atomic mass is 14.6. The summed E-state index contributed by atoms with van der Waals surface area (Å²) in [6.45, 7) is 4.16. The second-order valence-electron chi connectivity index (χ2n) is 8.06. The number of nitrogens with two attached hydrogens (primary N) is 2. The van der Waals surface area contributed by atoms with Crippen LogP contribution in [0.5, 0.6) is 0 Å². The van der Waals surface area contributed by atoms with Gasteiger partial charge in [-0.05, 0) is 90.4 Å². The Morgan fingerprint density at radius 3 is 2.73 bits per heavy atom. The molecule has 2 aliphatic carbocycles. The molecule has 0 heterocycles. The minimum Gasteiger partial charge on any atom is -0.405 e. The quantitative estimate of drug-likeness (QED) is 0.469. The van der Waals surface area contributed by atoms with Crippen LogP contribution in [0.25, 0.3) is 5.57 Å². The first-order valence-corrected chi connectivity index (χ1v) is 10.7. The van der Waals surface area contributed by atoms with Crippen molar-refractivity contribution in [2.75, 3.05) is 5.73 Å². The monoisotopic (exact) mass is 394 g/mol. The zero-order chi connectivity index (χ0) is 21.1. The first-order valence-electron chi connectivity index (χ1n) is 10.7. The number of aryl methyl sites for hydroxylation is 1. The maximum absolute atomic E-state index is 6.21. The van der Waals surface area contributed by atoms with Crippen molar-refractivity contribution in [1.29, 1.82) is 0 Å². The number of allylic oxidation sites excluding steroid dienone is 9. The molecular formula is C28H30N2. The third-order valence-electron chi connectivity index (χ3n) is 6.34. The van der Waals surface area contributed by atoms with Crippen LogP contribution in [0.4, 0.5) is 5.69 Å². The van der Waals surface area contributed by atoms with Crippen LogP contribution in [-0.2, 0) is 5.41 Å². The van der Waals surface area contributed by atoms with E-state index in [2.05, 4.69) is 80.6 Å². The number of rotatable bonds is 4. The van der Waals surface area contributed by atoms with Crippen LogP contribution < -0.4 is 11.5 Å². The van der Waals surface area contributed by atoms with E-state index in [4.69, 9.17) is 11.5 Å². The normalized spacial score (nSPS) is 21.3. The van der Waals surface area contributed by atoms with Gasteiger partial charge in [0.2, 0.25) is 0 Å². The summed E-state index contributed by atoms with van der Waals surface area (Å²) in [5.41, 5.74) is 21.5. The molecule has 0 saturated carbocycles. The van der Waals surface area contributed by atoms with E-state index in [1.165, 1.54) is 39.8 Å². The van der Waals surface area contributed by atoms with E-state index in [1.54, 1.807) is 6.20 Å². The summed E-state index contributed by atoms with van der Waals surface area (Å²) in [4.78, 5) is 0. The topological polar surface area (TPSA) is 52.0 Å². The molecule has 152 valence electrons. The summed E-state index contributed by atoms with van der Waals surface area (Å²) >= 11 is 0. The summed E-state index contributed by atoms with van der Waals surface area (Å²) in [6.07, 6.45) is 18.1. The van der Waals surface area contributed by atoms with Gasteiger partial charge in [-0.1, -0.05) is 66.8 Å². The van der Waals surface area contributed by atoms with Gasteiger partial charge in [0, 0.05) is 5.69 Å². The highest BCUT2D eigenvalue weighted by molar-refractivity contribution is 5.88. The van der Waals surface area contributed by atoms with E-state index in [1.807, 2.05) is 12.1 Å². The zero-order valence-electron chi connectivity index (χ0n) is 17.9. The molecule has 0 bridgehead atoms. The van der Waals surface area contributed by atoms with Crippen LogP contribution in [0.2, 0.25) is 0 Å². The molecule has 0 radical (unpaired) electrons. The molecule has 2 aromatic rings. The van der Waals surface area contributed by atoms with Crippen LogP contribution in [0.1, 0.15) is 48.4 Å². The molecule has 4 N–H and O–H groups in total. The molecule has 2 aliphatic rings. The van der Waals surface area contributed by atoms with Crippen molar-refractivity contribution in [3.8, 4) is 0 Å². The van der Waals surface area contributed by atoms with Gasteiger partial charge in [-0.2, -0.15) is 0 Å². The molecule has 30 heavy (non-hydrogen) atoms. The number of hydrogen-bond acceptors (Lipinski definition) is 2. The van der Waals surface area contributed by atoms with Crippen LogP contribution in [0, 0.1) is 6.92 Å². The van der Waals surface area contributed by atoms with Gasteiger partial charge in [0.25, 0.3) is 0 Å². The minimum absolute atomic E-state index is 0.392. The molecule has 0 aromatic heterocycles. The van der Waals surface area contributed by atoms with Gasteiger partial charge < -0.3 is 11.5 Å². The predicted octanol–water partition coefficient (Wildman–Crippen LogP) is 6.35. The second-order valence-corrected chi connectivity index (χ2v) is 8.06. The summed E-state index contributed by atoms with van der Waals surface area (Å²) in [5.74, 6) is 0. The van der Waals surface area contributed by atoms with Crippen LogP contribution in [0.15, 0.2) is 96.3 Å². The fourth-order valence-corrected chi connectivity index (χ4v) is 5.02. The molecule has 0 aliphatic heterocycles. The lowest BCUT2D eigenvalue weighted by molar-refractivity contribution is 0.758. The molecule has 1 unspecified atom stereocenters. The van der Waals surface area contributed by atoms with Gasteiger partial charge in [-0.3, -0.25) is 0 Å². The van der Waals surface area contributed by atoms with Crippen LogP contribution in [-0.4, -0.2) is 0 Å². The predicted molar refractivity (Wildman–Crippen MR) is 129 cm³/mol. The smallest absolute Gasteiger partial charge is 0.0710 e. The minimum atomic E-state index is -0.392. The van der Waals surface area contributed by atoms with Gasteiger partial charge in [0.05, 0.1) is 5.41 Å². The lowest BCUT2D eigenvalue weighted by atomic mass is 9.65. The van der Waals surface area contributed by atoms with Crippen molar-refractivity contribution >= 4 is 11.3 Å². The molecule has 0 amide bonds. The van der Waals surface area contributed by atoms with E-state index in [9.17, 15) is 0 Å². The Morgan fingerprint density at radius 2 is 1.97 bits per heavy atom. The Kier molecular flexibility index (Phi) is 5.50. The average molecular weight is 395 g/mol. The summed E-state index contributed by atoms with van der Waals surface area (Å²) in [6, 6.07) is 15.4. The molecule has 2 nitrogen and oxygen atoms in total. The third-order valence-corrected chi connectivity index (χ3v) is 6.34. The number of benzene rings is 2. The van der Waals surface area contributed by atoms with E-state index in [0.717, 1.165) is 24.1 Å². The largest absolute Gasteiger partial charge is 0.405 e. The Balaban J connectivity index is 2.17. The molecule has 0 spiro atoms. The number of nitrogen functional groups attached to an aromatic ring is 1. The van der Waals surface area contributed by atoms with Crippen molar-refractivity contribution in [2.24, 2.45) is 5.73 Å². The highest BCUT2D eigenvalue weighted by Crippen LogP contribution is 2.57. The van der Waals surface area contributed by atoms with Gasteiger partial charge in [-0.25, -0.2) is 0 Å². The number of hydrogen-bond donors (Lipinski definition) is 2. The fourth-order valence-electron chi connectivity index (χ4n) is 5.02. The summed E-state index contributed by atoms with van der Waals surface area (Å²) in [5, 5.41) is 0. The van der Waals surface area contributed by atoms with Gasteiger partial charge in [0.1, 0.15) is 0 Å². The Hall–Kier alpha value is -3.26. The average Bonchev–Trinajstić information content (AvgIpc) is 2.88. The molecule has 0 fully saturated rings. The number of fused-ring (bicyclic) bond motifs is 2. The van der Waals surface area contributed by atoms with Crippen LogP contribution in [0.3, 0.4) is 0 Å². The lowest BCUT2D eigenvalue weighted by Gasteiger charge is -2.36. The van der Waals surface area contributed by atoms with Crippen molar-refractivity contribution in [1.82, 2.24) is 0 Å². The second kappa shape index (κ2) is 8.23. The van der Waals surface area contributed by atoms with Crippen molar-refractivity contribution in [3.05, 3.63) is 119 Å². The zero-order valence-corrected chi connectivity index (χ0v) is 17.9. The first-order chi connectivity index (χ1) is 14.6. The molecule has 2 aromatic carbocycles. The highest BCUT2D eigenvalue weighted by Gasteiger charge is 2.47. The SMILES string of the molecule is C/C=C/C(=C\C=C\N)C1(c2ccc(N)c(C)c2)C2=C(CCCC=C2)c2ccccc21. The first kappa shape index (κ1) is 20.0. The van der Waals surface area contributed by atoms with E-state index in [0.29, 0.717) is 0 Å². The van der Waals surface area contributed by atoms with Gasteiger partial charge >= 0.3 is 0 Å².